The van der Waals surface area contributed by atoms with Gasteiger partial charge in [0.2, 0.25) is 5.95 Å². The van der Waals surface area contributed by atoms with Crippen LogP contribution in [0, 0.1) is 0 Å². The van der Waals surface area contributed by atoms with Crippen molar-refractivity contribution in [3.63, 3.8) is 0 Å². The number of hydrogen-bond acceptors (Lipinski definition) is 11. The van der Waals surface area contributed by atoms with Crippen molar-refractivity contribution < 1.29 is 34.0 Å². The van der Waals surface area contributed by atoms with Crippen molar-refractivity contribution in [1.29, 1.82) is 0 Å². The Balaban J connectivity index is 1.90. The average Bonchev–Trinajstić information content (AvgIpc) is 3.37. The zero-order valence-corrected chi connectivity index (χ0v) is 21.6. The number of aromatic nitrogens is 4. The molecular weight excluding hydrogens is 479 g/mol. The summed E-state index contributed by atoms with van der Waals surface area (Å²) in [5, 5.41) is 33.4. The number of nitrogens with one attached hydrogen (secondary N) is 1. The predicted octanol–water partition coefficient (Wildman–Crippen LogP) is 1.73. The van der Waals surface area contributed by atoms with Gasteiger partial charge in [0.05, 0.1) is 18.0 Å². The zero-order valence-electron chi connectivity index (χ0n) is 20.7. The number of aliphatic hydroxyl groups is 3. The van der Waals surface area contributed by atoms with Crippen molar-refractivity contribution in [2.24, 2.45) is 0 Å². The molecule has 35 heavy (non-hydrogen) atoms. The van der Waals surface area contributed by atoms with Gasteiger partial charge in [-0.25, -0.2) is 4.98 Å². The first-order valence-electron chi connectivity index (χ1n) is 11.9. The Bertz CT molecular complexity index is 1070. The molecule has 0 bridgehead atoms. The summed E-state index contributed by atoms with van der Waals surface area (Å²) < 4.78 is 26.4. The number of fused-ring (bicyclic) bond motifs is 1. The van der Waals surface area contributed by atoms with E-state index in [0.29, 0.717) is 29.8 Å². The normalized spacial score (nSPS) is 25.2. The first kappa shape index (κ1) is 27.7. The Morgan fingerprint density at radius 3 is 2.34 bits per heavy atom. The molecule has 0 spiro atoms. The van der Waals surface area contributed by atoms with Gasteiger partial charge >= 0.3 is 7.60 Å². The fraction of sp³-hybridized carbons (Fsp3) is 0.762. The molecular formula is C21H37N6O7P. The molecule has 2 aromatic heterocycles. The summed E-state index contributed by atoms with van der Waals surface area (Å²) >= 11 is 0. The van der Waals surface area contributed by atoms with E-state index in [1.54, 1.807) is 34.7 Å². The fourth-order valence-corrected chi connectivity index (χ4v) is 6.32. The van der Waals surface area contributed by atoms with E-state index < -0.39 is 43.1 Å². The summed E-state index contributed by atoms with van der Waals surface area (Å²) in [4.78, 5) is 23.3. The molecule has 3 rings (SSSR count). The lowest BCUT2D eigenvalue weighted by Crippen LogP contribution is -2.42. The first-order valence-corrected chi connectivity index (χ1v) is 13.4. The number of anilines is 2. The number of hydrogen-bond donors (Lipinski definition) is 6. The molecule has 0 amide bonds. The summed E-state index contributed by atoms with van der Waals surface area (Å²) in [5.74, 6) is 0.397. The minimum Gasteiger partial charge on any atom is -0.388 e. The van der Waals surface area contributed by atoms with Crippen LogP contribution in [0.3, 0.4) is 0 Å². The number of nitrogens with two attached hydrogens (primary N) is 1. The fourth-order valence-electron chi connectivity index (χ4n) is 4.49. The number of aliphatic hydroxyl groups excluding tert-OH is 2. The van der Waals surface area contributed by atoms with Crippen LogP contribution in [0.5, 0.6) is 0 Å². The quantitative estimate of drug-likeness (QED) is 0.237. The molecule has 1 fully saturated rings. The largest absolute Gasteiger partial charge is 0.388 e. The highest BCUT2D eigenvalue weighted by Gasteiger charge is 2.52. The summed E-state index contributed by atoms with van der Waals surface area (Å²) in [7, 11) is -2.81. The van der Waals surface area contributed by atoms with Crippen molar-refractivity contribution >= 4 is 30.5 Å². The van der Waals surface area contributed by atoms with E-state index in [4.69, 9.17) is 15.0 Å². The van der Waals surface area contributed by atoms with Crippen LogP contribution in [0.2, 0.25) is 0 Å². The lowest BCUT2D eigenvalue weighted by Gasteiger charge is -2.40. The Morgan fingerprint density at radius 2 is 1.80 bits per heavy atom. The Morgan fingerprint density at radius 1 is 1.17 bits per heavy atom. The molecule has 5 atom stereocenters. The highest BCUT2D eigenvalue weighted by atomic mass is 31.2. The molecule has 1 saturated heterocycles. The summed E-state index contributed by atoms with van der Waals surface area (Å²) in [5.41, 5.74) is 5.34. The molecule has 13 nitrogen and oxygen atoms in total. The third-order valence-electron chi connectivity index (χ3n) is 7.12. The van der Waals surface area contributed by atoms with Crippen LogP contribution in [0.15, 0.2) is 6.33 Å². The molecule has 7 N–H and O–H groups in total. The molecule has 198 valence electrons. The lowest BCUT2D eigenvalue weighted by atomic mass is 9.88. The first-order chi connectivity index (χ1) is 16.4. The molecule has 3 heterocycles. The monoisotopic (exact) mass is 516 g/mol. The topological polar surface area (TPSA) is 198 Å². The van der Waals surface area contributed by atoms with Gasteiger partial charge in [0.15, 0.2) is 28.6 Å². The highest BCUT2D eigenvalue weighted by Crippen LogP contribution is 2.61. The van der Waals surface area contributed by atoms with Gasteiger partial charge in [0.25, 0.3) is 0 Å². The van der Waals surface area contributed by atoms with Crippen molar-refractivity contribution in [2.45, 2.75) is 95.3 Å². The molecule has 1 aliphatic rings. The van der Waals surface area contributed by atoms with Gasteiger partial charge in [-0.1, -0.05) is 27.7 Å². The SMILES string of the molecule is CCC(CC)(CC1O[C@@H](n2cnc3c(NC)nc(N)nc32)[C@H](O)[C@@H]1O)OP(=O)(O)C(O)(CC)CC. The number of imidazole rings is 1. The van der Waals surface area contributed by atoms with Crippen LogP contribution in [0.4, 0.5) is 11.8 Å². The van der Waals surface area contributed by atoms with Crippen LogP contribution in [0.25, 0.3) is 11.2 Å². The second-order valence-electron chi connectivity index (χ2n) is 8.95. The van der Waals surface area contributed by atoms with E-state index in [9.17, 15) is 24.8 Å². The Labute approximate surface area is 204 Å². The summed E-state index contributed by atoms with van der Waals surface area (Å²) in [6, 6.07) is 0. The number of rotatable bonds is 11. The summed E-state index contributed by atoms with van der Waals surface area (Å²) in [6.07, 6.45) is -2.53. The van der Waals surface area contributed by atoms with Crippen LogP contribution >= 0.6 is 7.60 Å². The van der Waals surface area contributed by atoms with Gasteiger partial charge in [-0.3, -0.25) is 13.7 Å². The molecule has 1 aliphatic heterocycles. The van der Waals surface area contributed by atoms with E-state index in [1.807, 2.05) is 0 Å². The van der Waals surface area contributed by atoms with Crippen LogP contribution in [0.1, 0.15) is 66.0 Å². The lowest BCUT2D eigenvalue weighted by molar-refractivity contribution is -0.0761. The van der Waals surface area contributed by atoms with E-state index in [0.717, 1.165) is 0 Å². The maximum absolute atomic E-state index is 13.1. The highest BCUT2D eigenvalue weighted by molar-refractivity contribution is 7.54. The van der Waals surface area contributed by atoms with Crippen LogP contribution in [-0.4, -0.2) is 76.0 Å². The molecule has 0 aromatic carbocycles. The zero-order chi connectivity index (χ0) is 26.2. The second kappa shape index (κ2) is 10.3. The van der Waals surface area contributed by atoms with E-state index >= 15 is 0 Å². The molecule has 14 heteroatoms. The smallest absolute Gasteiger partial charge is 0.359 e. The minimum absolute atomic E-state index is 0.00407. The summed E-state index contributed by atoms with van der Waals surface area (Å²) in [6.45, 7) is 6.81. The standard InChI is InChI=1S/C21H37N6O7P/c1-6-20(7-2,34-35(31,32)21(30,8-3)9-4)10-12-14(28)15(29)18(33-12)27-11-24-13-16(23-5)25-19(22)26-17(13)27/h11-12,14-15,18,28-30H,6-10H2,1-5H3,(H,31,32)(H3,22,23,25,26)/t12?,14-,15-,18-/m1/s1. The van der Waals surface area contributed by atoms with E-state index in [-0.39, 0.29) is 25.2 Å². The van der Waals surface area contributed by atoms with Crippen molar-refractivity contribution in [1.82, 2.24) is 19.5 Å². The van der Waals surface area contributed by atoms with E-state index in [2.05, 4.69) is 20.3 Å². The van der Waals surface area contributed by atoms with Gasteiger partial charge < -0.3 is 36.0 Å². The number of nitrogen functional groups attached to an aromatic ring is 1. The maximum atomic E-state index is 13.1. The number of nitrogens with zero attached hydrogens (tertiary/aromatic N) is 4. The van der Waals surface area contributed by atoms with Gasteiger partial charge in [0.1, 0.15) is 12.2 Å². The van der Waals surface area contributed by atoms with Gasteiger partial charge in [0, 0.05) is 13.5 Å². The van der Waals surface area contributed by atoms with Gasteiger partial charge in [-0.15, -0.1) is 0 Å². The minimum atomic E-state index is -4.47. The van der Waals surface area contributed by atoms with Crippen LogP contribution < -0.4 is 11.1 Å². The Kier molecular flexibility index (Phi) is 8.12. The van der Waals surface area contributed by atoms with Crippen LogP contribution in [-0.2, 0) is 13.8 Å². The molecule has 2 unspecified atom stereocenters. The van der Waals surface area contributed by atoms with Gasteiger partial charge in [-0.05, 0) is 25.7 Å². The average molecular weight is 517 g/mol. The molecule has 0 saturated carbocycles. The maximum Gasteiger partial charge on any atom is 0.359 e. The molecule has 0 aliphatic carbocycles. The molecule has 2 aromatic rings. The Hall–Kier alpha value is -1.86. The van der Waals surface area contributed by atoms with Crippen molar-refractivity contribution in [3.8, 4) is 0 Å². The van der Waals surface area contributed by atoms with Crippen molar-refractivity contribution in [3.05, 3.63) is 6.33 Å². The molecule has 0 radical (unpaired) electrons. The predicted molar refractivity (Wildman–Crippen MR) is 130 cm³/mol. The van der Waals surface area contributed by atoms with Gasteiger partial charge in [-0.2, -0.15) is 9.97 Å². The third kappa shape index (κ3) is 4.91. The number of ether oxygens (including phenoxy) is 1. The van der Waals surface area contributed by atoms with Crippen molar-refractivity contribution in [2.75, 3.05) is 18.1 Å². The second-order valence-corrected chi connectivity index (χ2v) is 11.0. The third-order valence-corrected chi connectivity index (χ3v) is 9.44. The van der Waals surface area contributed by atoms with E-state index in [1.165, 1.54) is 10.9 Å².